The maximum Gasteiger partial charge on any atom is 0.417 e. The summed E-state index contributed by atoms with van der Waals surface area (Å²) in [5, 5.41) is 0. The highest BCUT2D eigenvalue weighted by molar-refractivity contribution is 7.89. The fourth-order valence-electron chi connectivity index (χ4n) is 6.29. The van der Waals surface area contributed by atoms with E-state index in [1.165, 1.54) is 33.1 Å². The number of rotatable bonds is 6. The molecule has 2 fully saturated rings. The number of fused-ring (bicyclic) bond motifs is 1. The summed E-state index contributed by atoms with van der Waals surface area (Å²) in [5.41, 5.74) is 4.67. The molecule has 0 amide bonds. The number of alkyl halides is 3. The molecule has 3 atom stereocenters. The maximum atomic E-state index is 13.8. The van der Waals surface area contributed by atoms with Crippen LogP contribution in [0.2, 0.25) is 0 Å². The number of nitrogens with zero attached hydrogens (tertiary/aromatic N) is 2. The van der Waals surface area contributed by atoms with Crippen LogP contribution in [-0.4, -0.2) is 63.1 Å². The molecule has 214 valence electrons. The zero-order chi connectivity index (χ0) is 28.7. The van der Waals surface area contributed by atoms with E-state index >= 15 is 0 Å². The van der Waals surface area contributed by atoms with Crippen molar-refractivity contribution < 1.29 is 26.3 Å². The molecule has 0 spiro atoms. The van der Waals surface area contributed by atoms with Gasteiger partial charge < -0.3 is 4.74 Å². The molecule has 3 aromatic carbocycles. The molecule has 0 aliphatic carbocycles. The van der Waals surface area contributed by atoms with Crippen molar-refractivity contribution in [2.45, 2.75) is 55.8 Å². The quantitative estimate of drug-likeness (QED) is 0.350. The monoisotopic (exact) mass is 572 g/mol. The minimum absolute atomic E-state index is 0.0127. The Labute approximate surface area is 234 Å². The average Bonchev–Trinajstić information content (AvgIpc) is 2.91. The van der Waals surface area contributed by atoms with Crippen LogP contribution in [0.25, 0.3) is 11.1 Å². The number of aryl methyl sites for hydroxylation is 1. The fraction of sp³-hybridized carbons (Fsp3) is 0.419. The van der Waals surface area contributed by atoms with Crippen molar-refractivity contribution in [1.82, 2.24) is 9.21 Å². The van der Waals surface area contributed by atoms with E-state index in [1.54, 1.807) is 7.11 Å². The third-order valence-electron chi connectivity index (χ3n) is 8.50. The summed E-state index contributed by atoms with van der Waals surface area (Å²) in [6, 6.07) is 19.0. The predicted octanol–water partition coefficient (Wildman–Crippen LogP) is 6.26. The van der Waals surface area contributed by atoms with Crippen molar-refractivity contribution in [3.63, 3.8) is 0 Å². The molecule has 0 bridgehead atoms. The van der Waals surface area contributed by atoms with E-state index in [9.17, 15) is 21.6 Å². The van der Waals surface area contributed by atoms with Crippen LogP contribution in [0.15, 0.2) is 71.6 Å². The van der Waals surface area contributed by atoms with Crippen LogP contribution in [0.4, 0.5) is 13.2 Å². The van der Waals surface area contributed by atoms with Gasteiger partial charge in [0, 0.05) is 38.2 Å². The molecule has 5 rings (SSSR count). The summed E-state index contributed by atoms with van der Waals surface area (Å²) in [6.07, 6.45) is -3.44. The lowest BCUT2D eigenvalue weighted by Gasteiger charge is -2.57. The molecule has 0 aromatic heterocycles. The molecule has 3 aromatic rings. The fourth-order valence-corrected chi connectivity index (χ4v) is 8.00. The molecule has 2 heterocycles. The van der Waals surface area contributed by atoms with Gasteiger partial charge in [0.15, 0.2) is 0 Å². The Morgan fingerprint density at radius 3 is 2.33 bits per heavy atom. The minimum Gasteiger partial charge on any atom is -0.383 e. The maximum absolute atomic E-state index is 13.8. The lowest BCUT2D eigenvalue weighted by Crippen LogP contribution is -2.68. The van der Waals surface area contributed by atoms with Crippen molar-refractivity contribution >= 4 is 10.0 Å². The Morgan fingerprint density at radius 1 is 0.925 bits per heavy atom. The third kappa shape index (κ3) is 5.32. The van der Waals surface area contributed by atoms with Gasteiger partial charge in [-0.15, -0.1) is 0 Å². The smallest absolute Gasteiger partial charge is 0.383 e. The molecule has 1 unspecified atom stereocenters. The van der Waals surface area contributed by atoms with Crippen LogP contribution in [0.1, 0.15) is 41.0 Å². The molecule has 2 aliphatic heterocycles. The molecule has 0 saturated carbocycles. The zero-order valence-electron chi connectivity index (χ0n) is 23.0. The van der Waals surface area contributed by atoms with E-state index in [0.29, 0.717) is 13.0 Å². The SMILES string of the molecule is COC[C@@H]1[C@@H](c2ccc(-c3cccc(C)c3C)cc2)C2CN(S(=O)(=O)c3ccccc3C(F)(F)F)CCCCN21. The van der Waals surface area contributed by atoms with Gasteiger partial charge >= 0.3 is 6.18 Å². The summed E-state index contributed by atoms with van der Waals surface area (Å²) in [7, 11) is -2.71. The molecule has 9 heteroatoms. The van der Waals surface area contributed by atoms with Crippen LogP contribution in [0, 0.1) is 13.8 Å². The Kier molecular flexibility index (Phi) is 8.12. The summed E-state index contributed by atoms with van der Waals surface area (Å²) >= 11 is 0. The van der Waals surface area contributed by atoms with Gasteiger partial charge in [0.05, 0.1) is 17.1 Å². The molecule has 40 heavy (non-hydrogen) atoms. The van der Waals surface area contributed by atoms with E-state index < -0.39 is 26.7 Å². The molecule has 5 nitrogen and oxygen atoms in total. The number of hydrogen-bond acceptors (Lipinski definition) is 4. The van der Waals surface area contributed by atoms with Gasteiger partial charge in [-0.05, 0) is 73.2 Å². The number of hydrogen-bond donors (Lipinski definition) is 0. The summed E-state index contributed by atoms with van der Waals surface area (Å²) in [4.78, 5) is 1.58. The number of methoxy groups -OCH3 is 1. The molecule has 0 radical (unpaired) electrons. The Bertz CT molecular complexity index is 1460. The topological polar surface area (TPSA) is 49.9 Å². The second-order valence-corrected chi connectivity index (χ2v) is 12.7. The van der Waals surface area contributed by atoms with Gasteiger partial charge in [0.1, 0.15) is 0 Å². The first kappa shape index (κ1) is 28.8. The van der Waals surface area contributed by atoms with Crippen LogP contribution in [0.3, 0.4) is 0 Å². The number of ether oxygens (including phenoxy) is 1. The largest absolute Gasteiger partial charge is 0.417 e. The standard InChI is InChI=1S/C31H35F3N2O3S/c1-21-9-8-10-25(22(21)2)23-13-15-24(16-14-23)30-27-19-35(17-6-7-18-36(27)28(30)20-39-3)40(37,38)29-12-5-4-11-26(29)31(32,33)34/h4-5,8-16,27-28,30H,6-7,17-20H2,1-3H3/t27?,28-,30+/m1/s1. The first-order valence-electron chi connectivity index (χ1n) is 13.6. The van der Waals surface area contributed by atoms with Crippen molar-refractivity contribution in [2.75, 3.05) is 33.4 Å². The van der Waals surface area contributed by atoms with Crippen molar-refractivity contribution in [1.29, 1.82) is 0 Å². The number of benzene rings is 3. The van der Waals surface area contributed by atoms with Crippen LogP contribution >= 0.6 is 0 Å². The zero-order valence-corrected chi connectivity index (χ0v) is 23.8. The average molecular weight is 573 g/mol. The molecule has 2 aliphatic rings. The van der Waals surface area contributed by atoms with Gasteiger partial charge in [-0.1, -0.05) is 54.6 Å². The van der Waals surface area contributed by atoms with Crippen LogP contribution < -0.4 is 0 Å². The van der Waals surface area contributed by atoms with Crippen molar-refractivity contribution in [3.05, 3.63) is 89.0 Å². The Hall–Kier alpha value is -2.72. The van der Waals surface area contributed by atoms with Gasteiger partial charge in [0.2, 0.25) is 10.0 Å². The number of halogens is 3. The van der Waals surface area contributed by atoms with Gasteiger partial charge in [-0.25, -0.2) is 8.42 Å². The van der Waals surface area contributed by atoms with Crippen LogP contribution in [0.5, 0.6) is 0 Å². The second-order valence-electron chi connectivity index (χ2n) is 10.8. The van der Waals surface area contributed by atoms with E-state index in [4.69, 9.17) is 4.74 Å². The highest BCUT2D eigenvalue weighted by Gasteiger charge is 2.51. The second kappa shape index (κ2) is 11.3. The van der Waals surface area contributed by atoms with Gasteiger partial charge in [0.25, 0.3) is 0 Å². The van der Waals surface area contributed by atoms with Crippen molar-refractivity contribution in [2.24, 2.45) is 0 Å². The first-order valence-corrected chi connectivity index (χ1v) is 15.1. The van der Waals surface area contributed by atoms with Crippen LogP contribution in [-0.2, 0) is 20.9 Å². The predicted molar refractivity (Wildman–Crippen MR) is 150 cm³/mol. The van der Waals surface area contributed by atoms with E-state index in [1.807, 2.05) is 6.07 Å². The van der Waals surface area contributed by atoms with Gasteiger partial charge in [-0.2, -0.15) is 17.5 Å². The summed E-state index contributed by atoms with van der Waals surface area (Å²) in [5.74, 6) is -0.0127. The highest BCUT2D eigenvalue weighted by atomic mass is 32.2. The van der Waals surface area contributed by atoms with E-state index in [-0.39, 0.29) is 31.1 Å². The Balaban J connectivity index is 1.47. The first-order chi connectivity index (χ1) is 19.0. The molecular weight excluding hydrogens is 537 g/mol. The van der Waals surface area contributed by atoms with Crippen molar-refractivity contribution in [3.8, 4) is 11.1 Å². The van der Waals surface area contributed by atoms with Gasteiger partial charge in [-0.3, -0.25) is 4.90 Å². The third-order valence-corrected chi connectivity index (χ3v) is 10.4. The Morgan fingerprint density at radius 2 is 1.62 bits per heavy atom. The number of sulfonamides is 1. The van der Waals surface area contributed by atoms with E-state index in [2.05, 4.69) is 55.1 Å². The summed E-state index contributed by atoms with van der Waals surface area (Å²) in [6.45, 7) is 5.79. The molecular formula is C31H35F3N2O3S. The molecule has 0 N–H and O–H groups in total. The lowest BCUT2D eigenvalue weighted by molar-refractivity contribution is -0.139. The molecule has 2 saturated heterocycles. The van der Waals surface area contributed by atoms with E-state index in [0.717, 1.165) is 36.2 Å². The normalized spacial score (nSPS) is 22.7. The summed E-state index contributed by atoms with van der Waals surface area (Å²) < 4.78 is 75.5. The lowest BCUT2D eigenvalue weighted by atomic mass is 9.74. The minimum atomic E-state index is -4.77. The highest BCUT2D eigenvalue weighted by Crippen LogP contribution is 2.44.